The van der Waals surface area contributed by atoms with E-state index in [0.29, 0.717) is 23.3 Å². The van der Waals surface area contributed by atoms with Crippen molar-refractivity contribution in [2.24, 2.45) is 5.92 Å². The van der Waals surface area contributed by atoms with Crippen LogP contribution in [-0.2, 0) is 0 Å². The predicted molar refractivity (Wildman–Crippen MR) is 75.0 cm³/mol. The lowest BCUT2D eigenvalue weighted by atomic mass is 9.86. The zero-order valence-electron chi connectivity index (χ0n) is 11.4. The van der Waals surface area contributed by atoms with E-state index in [9.17, 15) is 9.90 Å². The monoisotopic (exact) mass is 274 g/mol. The van der Waals surface area contributed by atoms with Crippen molar-refractivity contribution in [3.63, 3.8) is 0 Å². The van der Waals surface area contributed by atoms with Gasteiger partial charge in [0.2, 0.25) is 0 Å². The summed E-state index contributed by atoms with van der Waals surface area (Å²) < 4.78 is 1.60. The van der Waals surface area contributed by atoms with Gasteiger partial charge in [0.05, 0.1) is 11.9 Å². The van der Waals surface area contributed by atoms with E-state index in [0.717, 1.165) is 6.42 Å². The molecule has 2 unspecified atom stereocenters. The van der Waals surface area contributed by atoms with Crippen LogP contribution in [-0.4, -0.2) is 31.7 Å². The fourth-order valence-corrected chi connectivity index (χ4v) is 2.89. The first-order chi connectivity index (χ1) is 9.66. The van der Waals surface area contributed by atoms with Crippen molar-refractivity contribution in [3.8, 4) is 0 Å². The smallest absolute Gasteiger partial charge is 0.339 e. The SMILES string of the molecule is CC1CCCCC1Nc1c(C(=O)O)cnn2ccnc12. The van der Waals surface area contributed by atoms with Gasteiger partial charge in [0.1, 0.15) is 5.56 Å². The molecule has 0 spiro atoms. The molecule has 3 rings (SSSR count). The average Bonchev–Trinajstić information content (AvgIpc) is 2.90. The Bertz CT molecular complexity index is 637. The highest BCUT2D eigenvalue weighted by Crippen LogP contribution is 2.29. The predicted octanol–water partition coefficient (Wildman–Crippen LogP) is 2.42. The Kier molecular flexibility index (Phi) is 3.30. The fraction of sp³-hybridized carbons (Fsp3) is 0.500. The molecule has 6 nitrogen and oxygen atoms in total. The van der Waals surface area contributed by atoms with Gasteiger partial charge < -0.3 is 10.4 Å². The van der Waals surface area contributed by atoms with Crippen molar-refractivity contribution in [2.45, 2.75) is 38.6 Å². The number of imidazole rings is 1. The standard InChI is InChI=1S/C14H18N4O2/c1-9-4-2-3-5-11(9)17-12-10(14(19)20)8-16-18-7-6-15-13(12)18/h6-9,11,17H,2-5H2,1H3,(H,19,20). The van der Waals surface area contributed by atoms with Crippen LogP contribution in [0, 0.1) is 5.92 Å². The number of rotatable bonds is 3. The van der Waals surface area contributed by atoms with E-state index in [4.69, 9.17) is 0 Å². The van der Waals surface area contributed by atoms with Crippen LogP contribution in [0.1, 0.15) is 43.0 Å². The largest absolute Gasteiger partial charge is 0.478 e. The van der Waals surface area contributed by atoms with Crippen LogP contribution >= 0.6 is 0 Å². The number of aromatic carboxylic acids is 1. The third-order valence-corrected chi connectivity index (χ3v) is 4.10. The summed E-state index contributed by atoms with van der Waals surface area (Å²) in [5.74, 6) is -0.442. The molecule has 2 N–H and O–H groups in total. The summed E-state index contributed by atoms with van der Waals surface area (Å²) in [7, 11) is 0. The summed E-state index contributed by atoms with van der Waals surface area (Å²) in [6, 6.07) is 0.296. The van der Waals surface area contributed by atoms with E-state index >= 15 is 0 Å². The number of aromatic nitrogens is 3. The van der Waals surface area contributed by atoms with Gasteiger partial charge >= 0.3 is 5.97 Å². The number of carbonyl (C=O) groups is 1. The van der Waals surface area contributed by atoms with E-state index in [2.05, 4.69) is 22.3 Å². The molecule has 106 valence electrons. The quantitative estimate of drug-likeness (QED) is 0.898. The number of nitrogens with zero attached hydrogens (tertiary/aromatic N) is 3. The molecule has 2 aromatic heterocycles. The maximum atomic E-state index is 11.4. The maximum Gasteiger partial charge on any atom is 0.339 e. The topological polar surface area (TPSA) is 79.5 Å². The summed E-state index contributed by atoms with van der Waals surface area (Å²) in [4.78, 5) is 15.6. The summed E-state index contributed by atoms with van der Waals surface area (Å²) in [6.45, 7) is 2.21. The second-order valence-electron chi connectivity index (χ2n) is 5.45. The van der Waals surface area contributed by atoms with Crippen LogP contribution in [0.25, 0.3) is 5.65 Å². The van der Waals surface area contributed by atoms with Crippen molar-refractivity contribution in [2.75, 3.05) is 5.32 Å². The normalized spacial score (nSPS) is 22.9. The van der Waals surface area contributed by atoms with E-state index < -0.39 is 5.97 Å². The molecule has 2 heterocycles. The molecular formula is C14H18N4O2. The third-order valence-electron chi connectivity index (χ3n) is 4.10. The van der Waals surface area contributed by atoms with Gasteiger partial charge in [-0.3, -0.25) is 0 Å². The van der Waals surface area contributed by atoms with Crippen LogP contribution < -0.4 is 5.32 Å². The van der Waals surface area contributed by atoms with Crippen LogP contribution in [0.4, 0.5) is 5.69 Å². The summed E-state index contributed by atoms with van der Waals surface area (Å²) in [5.41, 5.74) is 1.33. The van der Waals surface area contributed by atoms with Gasteiger partial charge in [0.15, 0.2) is 5.65 Å². The van der Waals surface area contributed by atoms with Gasteiger partial charge in [-0.15, -0.1) is 0 Å². The Morgan fingerprint density at radius 2 is 2.25 bits per heavy atom. The molecule has 0 aromatic carbocycles. The van der Waals surface area contributed by atoms with Crippen molar-refractivity contribution < 1.29 is 9.90 Å². The first kappa shape index (κ1) is 12.9. The van der Waals surface area contributed by atoms with Gasteiger partial charge in [-0.1, -0.05) is 19.8 Å². The summed E-state index contributed by atoms with van der Waals surface area (Å²) in [6.07, 6.45) is 9.40. The lowest BCUT2D eigenvalue weighted by Gasteiger charge is -2.30. The molecule has 0 aliphatic heterocycles. The highest BCUT2D eigenvalue weighted by molar-refractivity contribution is 5.97. The van der Waals surface area contributed by atoms with Gasteiger partial charge in [0.25, 0.3) is 0 Å². The molecule has 1 aliphatic carbocycles. The molecule has 20 heavy (non-hydrogen) atoms. The van der Waals surface area contributed by atoms with E-state index in [-0.39, 0.29) is 5.56 Å². The number of carboxylic acids is 1. The fourth-order valence-electron chi connectivity index (χ4n) is 2.89. The number of fused-ring (bicyclic) bond motifs is 1. The minimum atomic E-state index is -0.978. The lowest BCUT2D eigenvalue weighted by molar-refractivity contribution is 0.0697. The van der Waals surface area contributed by atoms with Crippen LogP contribution in [0.15, 0.2) is 18.6 Å². The molecule has 1 aliphatic rings. The first-order valence-electron chi connectivity index (χ1n) is 6.99. The molecule has 1 saturated carbocycles. The Hall–Kier alpha value is -2.11. The number of hydrogen-bond donors (Lipinski definition) is 2. The van der Waals surface area contributed by atoms with Crippen molar-refractivity contribution in [3.05, 3.63) is 24.2 Å². The second kappa shape index (κ2) is 5.11. The molecule has 2 atom stereocenters. The first-order valence-corrected chi connectivity index (χ1v) is 6.99. The van der Waals surface area contributed by atoms with Gasteiger partial charge in [-0.05, 0) is 18.8 Å². The number of nitrogens with one attached hydrogen (secondary N) is 1. The van der Waals surface area contributed by atoms with Crippen LogP contribution in [0.5, 0.6) is 0 Å². The second-order valence-corrected chi connectivity index (χ2v) is 5.45. The number of anilines is 1. The Morgan fingerprint density at radius 3 is 3.00 bits per heavy atom. The van der Waals surface area contributed by atoms with E-state index in [1.165, 1.54) is 25.5 Å². The molecule has 2 aromatic rings. The van der Waals surface area contributed by atoms with Gasteiger partial charge in [-0.25, -0.2) is 14.3 Å². The van der Waals surface area contributed by atoms with Crippen molar-refractivity contribution in [1.29, 1.82) is 0 Å². The number of carboxylic acid groups (broad SMARTS) is 1. The molecule has 0 amide bonds. The van der Waals surface area contributed by atoms with Gasteiger partial charge in [-0.2, -0.15) is 5.10 Å². The highest BCUT2D eigenvalue weighted by atomic mass is 16.4. The Labute approximate surface area is 116 Å². The average molecular weight is 274 g/mol. The van der Waals surface area contributed by atoms with E-state index in [1.54, 1.807) is 16.9 Å². The van der Waals surface area contributed by atoms with Crippen molar-refractivity contribution >= 4 is 17.3 Å². The molecule has 6 heteroatoms. The summed E-state index contributed by atoms with van der Waals surface area (Å²) >= 11 is 0. The van der Waals surface area contributed by atoms with Crippen LogP contribution in [0.3, 0.4) is 0 Å². The lowest BCUT2D eigenvalue weighted by Crippen LogP contribution is -2.31. The molecule has 0 saturated heterocycles. The summed E-state index contributed by atoms with van der Waals surface area (Å²) in [5, 5.41) is 16.8. The molecule has 0 radical (unpaired) electrons. The van der Waals surface area contributed by atoms with Gasteiger partial charge in [0, 0.05) is 18.4 Å². The molecule has 1 fully saturated rings. The van der Waals surface area contributed by atoms with Crippen molar-refractivity contribution in [1.82, 2.24) is 14.6 Å². The Balaban J connectivity index is 2.01. The Morgan fingerprint density at radius 1 is 1.45 bits per heavy atom. The number of hydrogen-bond acceptors (Lipinski definition) is 4. The highest BCUT2D eigenvalue weighted by Gasteiger charge is 2.24. The van der Waals surface area contributed by atoms with Crippen LogP contribution in [0.2, 0.25) is 0 Å². The zero-order valence-corrected chi connectivity index (χ0v) is 11.4. The maximum absolute atomic E-state index is 11.4. The minimum absolute atomic E-state index is 0.182. The third kappa shape index (κ3) is 2.21. The minimum Gasteiger partial charge on any atom is -0.478 e. The zero-order chi connectivity index (χ0) is 14.1. The van der Waals surface area contributed by atoms with E-state index in [1.807, 2.05) is 0 Å². The molecular weight excluding hydrogens is 256 g/mol. The molecule has 0 bridgehead atoms.